The molecule has 0 fully saturated rings. The van der Waals surface area contributed by atoms with Crippen molar-refractivity contribution >= 4 is 46.6 Å². The molecule has 0 radical (unpaired) electrons. The van der Waals surface area contributed by atoms with Crippen LogP contribution in [-0.2, 0) is 4.79 Å². The monoisotopic (exact) mass is 422 g/mol. The first-order valence-electron chi connectivity index (χ1n) is 8.07. The molecule has 1 amide bonds. The molecule has 0 saturated carbocycles. The van der Waals surface area contributed by atoms with Crippen molar-refractivity contribution in [2.45, 2.75) is 12.1 Å². The van der Waals surface area contributed by atoms with Crippen LogP contribution in [0.2, 0.25) is 10.0 Å². The number of amides is 1. The van der Waals surface area contributed by atoms with Crippen molar-refractivity contribution in [2.75, 3.05) is 17.7 Å². The molecule has 0 unspecified atom stereocenters. The van der Waals surface area contributed by atoms with Gasteiger partial charge in [-0.3, -0.25) is 9.36 Å². The number of rotatable bonds is 7. The molecule has 2 aromatic carbocycles. The van der Waals surface area contributed by atoms with Crippen LogP contribution in [0.1, 0.15) is 6.92 Å². The molecule has 1 aromatic heterocycles. The van der Waals surface area contributed by atoms with E-state index in [1.165, 1.54) is 11.8 Å². The van der Waals surface area contributed by atoms with E-state index in [0.717, 1.165) is 5.69 Å². The maximum Gasteiger partial charge on any atom is 0.234 e. The summed E-state index contributed by atoms with van der Waals surface area (Å²) in [5.41, 5.74) is 1.36. The minimum Gasteiger partial charge on any atom is -0.492 e. The molecule has 6 nitrogen and oxygen atoms in total. The third-order valence-corrected chi connectivity index (χ3v) is 4.86. The number of ether oxygens (including phenoxy) is 1. The summed E-state index contributed by atoms with van der Waals surface area (Å²) in [6.07, 6.45) is 1.58. The number of thioether (sulfide) groups is 1. The van der Waals surface area contributed by atoms with E-state index in [1.54, 1.807) is 41.2 Å². The molecule has 140 valence electrons. The second-order valence-corrected chi connectivity index (χ2v) is 7.19. The molecule has 0 atom stereocenters. The number of benzene rings is 2. The number of carbonyl (C=O) groups excluding carboxylic acids is 1. The minimum absolute atomic E-state index is 0.150. The van der Waals surface area contributed by atoms with Gasteiger partial charge in [0.1, 0.15) is 12.1 Å². The van der Waals surface area contributed by atoms with Gasteiger partial charge in [0, 0.05) is 10.0 Å². The van der Waals surface area contributed by atoms with E-state index >= 15 is 0 Å². The molecular weight excluding hydrogens is 407 g/mol. The largest absolute Gasteiger partial charge is 0.492 e. The molecule has 0 saturated heterocycles. The van der Waals surface area contributed by atoms with E-state index in [1.807, 2.05) is 19.1 Å². The average molecular weight is 423 g/mol. The van der Waals surface area contributed by atoms with Gasteiger partial charge >= 0.3 is 0 Å². The van der Waals surface area contributed by atoms with Gasteiger partial charge in [-0.15, -0.1) is 10.2 Å². The summed E-state index contributed by atoms with van der Waals surface area (Å²) in [6, 6.07) is 12.4. The van der Waals surface area contributed by atoms with E-state index in [2.05, 4.69) is 15.5 Å². The van der Waals surface area contributed by atoms with Gasteiger partial charge in [0.15, 0.2) is 5.16 Å². The zero-order valence-corrected chi connectivity index (χ0v) is 16.7. The Kier molecular flexibility index (Phi) is 6.60. The van der Waals surface area contributed by atoms with Crippen LogP contribution >= 0.6 is 35.0 Å². The summed E-state index contributed by atoms with van der Waals surface area (Å²) in [4.78, 5) is 12.4. The van der Waals surface area contributed by atoms with Gasteiger partial charge in [-0.25, -0.2) is 0 Å². The molecular formula is C18H16Cl2N4O2S. The Labute approximate surface area is 170 Å². The molecule has 3 aromatic rings. The highest BCUT2D eigenvalue weighted by atomic mass is 35.5. The quantitative estimate of drug-likeness (QED) is 0.558. The van der Waals surface area contributed by atoms with E-state index in [0.29, 0.717) is 33.2 Å². The third kappa shape index (κ3) is 5.15. The number of halogens is 2. The lowest BCUT2D eigenvalue weighted by molar-refractivity contribution is -0.113. The second-order valence-electron chi connectivity index (χ2n) is 5.37. The minimum atomic E-state index is -0.205. The van der Waals surface area contributed by atoms with Crippen molar-refractivity contribution in [2.24, 2.45) is 0 Å². The lowest BCUT2D eigenvalue weighted by atomic mass is 10.3. The first kappa shape index (κ1) is 19.5. The van der Waals surface area contributed by atoms with E-state index in [4.69, 9.17) is 27.9 Å². The number of nitrogens with zero attached hydrogens (tertiary/aromatic N) is 3. The Bertz CT molecular complexity index is 949. The molecule has 0 spiro atoms. The lowest BCUT2D eigenvalue weighted by Gasteiger charge is -2.12. The molecule has 27 heavy (non-hydrogen) atoms. The van der Waals surface area contributed by atoms with Crippen molar-refractivity contribution in [1.82, 2.24) is 14.8 Å². The van der Waals surface area contributed by atoms with Crippen molar-refractivity contribution in [3.05, 3.63) is 58.8 Å². The predicted octanol–water partition coefficient (Wildman–Crippen LogP) is 4.70. The highest BCUT2D eigenvalue weighted by molar-refractivity contribution is 7.99. The lowest BCUT2D eigenvalue weighted by Crippen LogP contribution is -2.15. The smallest absolute Gasteiger partial charge is 0.234 e. The SMILES string of the molecule is CCOc1ccc(Cl)cc1NC(=O)CSc1nncn1-c1cccc(Cl)c1. The fourth-order valence-electron chi connectivity index (χ4n) is 2.32. The average Bonchev–Trinajstić information content (AvgIpc) is 3.11. The molecule has 0 bridgehead atoms. The fraction of sp³-hybridized carbons (Fsp3) is 0.167. The number of aromatic nitrogens is 3. The van der Waals surface area contributed by atoms with Gasteiger partial charge in [0.25, 0.3) is 0 Å². The van der Waals surface area contributed by atoms with Crippen LogP contribution in [0.3, 0.4) is 0 Å². The van der Waals surface area contributed by atoms with Crippen LogP contribution in [0, 0.1) is 0 Å². The Morgan fingerprint density at radius 1 is 1.22 bits per heavy atom. The zero-order valence-electron chi connectivity index (χ0n) is 14.4. The third-order valence-electron chi connectivity index (χ3n) is 3.45. The first-order chi connectivity index (χ1) is 13.1. The summed E-state index contributed by atoms with van der Waals surface area (Å²) in [5, 5.41) is 12.5. The summed E-state index contributed by atoms with van der Waals surface area (Å²) in [6.45, 7) is 2.36. The Morgan fingerprint density at radius 2 is 2.04 bits per heavy atom. The Hall–Kier alpha value is -2.22. The first-order valence-corrected chi connectivity index (χ1v) is 9.82. The van der Waals surface area contributed by atoms with Gasteiger partial charge in [0.2, 0.25) is 5.91 Å². The summed E-state index contributed by atoms with van der Waals surface area (Å²) < 4.78 is 7.28. The summed E-state index contributed by atoms with van der Waals surface area (Å²) in [5.74, 6) is 0.517. The summed E-state index contributed by atoms with van der Waals surface area (Å²) >= 11 is 13.3. The highest BCUT2D eigenvalue weighted by Crippen LogP contribution is 2.28. The summed E-state index contributed by atoms with van der Waals surface area (Å²) in [7, 11) is 0. The van der Waals surface area contributed by atoms with Gasteiger partial charge < -0.3 is 10.1 Å². The van der Waals surface area contributed by atoms with Crippen LogP contribution < -0.4 is 10.1 Å². The van der Waals surface area contributed by atoms with Crippen LogP contribution in [0.5, 0.6) is 5.75 Å². The molecule has 0 aliphatic carbocycles. The van der Waals surface area contributed by atoms with Crippen molar-refractivity contribution in [1.29, 1.82) is 0 Å². The maximum atomic E-state index is 12.4. The van der Waals surface area contributed by atoms with Crippen LogP contribution in [-0.4, -0.2) is 33.0 Å². The second kappa shape index (κ2) is 9.12. The highest BCUT2D eigenvalue weighted by Gasteiger charge is 2.13. The Morgan fingerprint density at radius 3 is 2.81 bits per heavy atom. The number of nitrogens with one attached hydrogen (secondary N) is 1. The number of carbonyl (C=O) groups is 1. The Balaban J connectivity index is 1.67. The number of hydrogen-bond acceptors (Lipinski definition) is 5. The van der Waals surface area contributed by atoms with Crippen molar-refractivity contribution < 1.29 is 9.53 Å². The van der Waals surface area contributed by atoms with E-state index in [-0.39, 0.29) is 11.7 Å². The van der Waals surface area contributed by atoms with E-state index < -0.39 is 0 Å². The molecule has 1 heterocycles. The molecule has 0 aliphatic rings. The maximum absolute atomic E-state index is 12.4. The van der Waals surface area contributed by atoms with Gasteiger partial charge in [-0.2, -0.15) is 0 Å². The van der Waals surface area contributed by atoms with Crippen molar-refractivity contribution in [3.63, 3.8) is 0 Å². The predicted molar refractivity (Wildman–Crippen MR) is 108 cm³/mol. The van der Waals surface area contributed by atoms with Gasteiger partial charge in [-0.1, -0.05) is 41.0 Å². The van der Waals surface area contributed by atoms with Crippen LogP contribution in [0.4, 0.5) is 5.69 Å². The standard InChI is InChI=1S/C18H16Cl2N4O2S/c1-2-26-16-7-6-13(20)9-15(16)22-17(25)10-27-18-23-21-11-24(18)14-5-3-4-12(19)8-14/h3-9,11H,2,10H2,1H3,(H,22,25). The molecule has 9 heteroatoms. The molecule has 3 rings (SSSR count). The van der Waals surface area contributed by atoms with Gasteiger partial charge in [-0.05, 0) is 43.3 Å². The number of hydrogen-bond donors (Lipinski definition) is 1. The molecule has 1 N–H and O–H groups in total. The topological polar surface area (TPSA) is 69.0 Å². The fourth-order valence-corrected chi connectivity index (χ4v) is 3.41. The van der Waals surface area contributed by atoms with Gasteiger partial charge in [0.05, 0.1) is 23.7 Å². The van der Waals surface area contributed by atoms with Crippen LogP contribution in [0.25, 0.3) is 5.69 Å². The number of anilines is 1. The molecule has 0 aliphatic heterocycles. The van der Waals surface area contributed by atoms with Crippen molar-refractivity contribution in [3.8, 4) is 11.4 Å². The zero-order chi connectivity index (χ0) is 19.2. The normalized spacial score (nSPS) is 10.6. The van der Waals surface area contributed by atoms with E-state index in [9.17, 15) is 4.79 Å². The van der Waals surface area contributed by atoms with Crippen LogP contribution in [0.15, 0.2) is 53.9 Å².